The Kier molecular flexibility index (Phi) is 3.68. The van der Waals surface area contributed by atoms with E-state index in [0.29, 0.717) is 12.7 Å². The molecule has 4 rings (SSSR count). The first-order valence-corrected chi connectivity index (χ1v) is 8.31. The summed E-state index contributed by atoms with van der Waals surface area (Å²) in [5, 5.41) is 20.8. The number of nitrogens with zero attached hydrogens (tertiary/aromatic N) is 4. The van der Waals surface area contributed by atoms with E-state index in [1.54, 1.807) is 6.20 Å². The molecule has 3 heterocycles. The molecule has 6 heteroatoms. The zero-order valence-electron chi connectivity index (χ0n) is 13.1. The van der Waals surface area contributed by atoms with Crippen molar-refractivity contribution in [3.63, 3.8) is 0 Å². The van der Waals surface area contributed by atoms with Crippen molar-refractivity contribution in [2.75, 3.05) is 18.1 Å². The molecule has 2 aliphatic rings. The Morgan fingerprint density at radius 3 is 2.96 bits per heavy atom. The van der Waals surface area contributed by atoms with Crippen LogP contribution in [-0.2, 0) is 0 Å². The summed E-state index contributed by atoms with van der Waals surface area (Å²) in [6.45, 7) is 0.811. The van der Waals surface area contributed by atoms with Gasteiger partial charge in [-0.15, -0.1) is 0 Å². The normalized spacial score (nSPS) is 23.0. The fourth-order valence-electron chi connectivity index (χ4n) is 3.98. The van der Waals surface area contributed by atoms with E-state index >= 15 is 0 Å². The molecule has 0 radical (unpaired) electrons. The van der Waals surface area contributed by atoms with Crippen LogP contribution < -0.4 is 4.90 Å². The molecule has 1 atom stereocenters. The Hall–Kier alpha value is -2.10. The molecule has 1 fully saturated rings. The van der Waals surface area contributed by atoms with E-state index in [1.807, 2.05) is 17.2 Å². The van der Waals surface area contributed by atoms with Gasteiger partial charge in [-0.1, -0.05) is 19.3 Å². The number of aliphatic hydroxyl groups excluding tert-OH is 1. The third-order valence-electron chi connectivity index (χ3n) is 5.12. The molecule has 0 aromatic carbocycles. The maximum Gasteiger partial charge on any atom is 0.139 e. The number of aromatic amines is 1. The van der Waals surface area contributed by atoms with Crippen molar-refractivity contribution in [2.24, 2.45) is 0 Å². The van der Waals surface area contributed by atoms with Gasteiger partial charge in [0.25, 0.3) is 0 Å². The number of aromatic nitrogens is 2. The molecular formula is C17H21N5O. The molecule has 0 amide bonds. The average Bonchev–Trinajstić information content (AvgIpc) is 3.07. The third kappa shape index (κ3) is 2.37. The van der Waals surface area contributed by atoms with Crippen LogP contribution in [0.25, 0.3) is 11.0 Å². The van der Waals surface area contributed by atoms with Crippen molar-refractivity contribution in [1.29, 1.82) is 5.26 Å². The van der Waals surface area contributed by atoms with Gasteiger partial charge in [-0.3, -0.25) is 0 Å². The number of pyridine rings is 1. The molecule has 23 heavy (non-hydrogen) atoms. The van der Waals surface area contributed by atoms with E-state index in [9.17, 15) is 5.11 Å². The molecule has 0 bridgehead atoms. The fraction of sp³-hybridized carbons (Fsp3) is 0.529. The number of H-pyrrole nitrogens is 1. The Balaban J connectivity index is 1.83. The van der Waals surface area contributed by atoms with E-state index < -0.39 is 6.23 Å². The van der Waals surface area contributed by atoms with E-state index in [0.717, 1.165) is 22.3 Å². The second kappa shape index (κ2) is 5.84. The zero-order chi connectivity index (χ0) is 15.8. The summed E-state index contributed by atoms with van der Waals surface area (Å²) in [6.07, 6.45) is 9.02. The van der Waals surface area contributed by atoms with Crippen molar-refractivity contribution in [2.45, 2.75) is 44.4 Å². The highest BCUT2D eigenvalue weighted by atomic mass is 16.3. The number of rotatable bonds is 2. The van der Waals surface area contributed by atoms with Gasteiger partial charge < -0.3 is 15.0 Å². The van der Waals surface area contributed by atoms with Crippen molar-refractivity contribution >= 4 is 16.7 Å². The third-order valence-corrected chi connectivity index (χ3v) is 5.12. The van der Waals surface area contributed by atoms with Gasteiger partial charge in [0.1, 0.15) is 11.9 Å². The lowest BCUT2D eigenvalue weighted by Gasteiger charge is -2.45. The molecule has 2 aromatic rings. The molecule has 1 saturated carbocycles. The van der Waals surface area contributed by atoms with Crippen LogP contribution in [0.3, 0.4) is 0 Å². The Morgan fingerprint density at radius 1 is 1.35 bits per heavy atom. The highest BCUT2D eigenvalue weighted by molar-refractivity contribution is 5.92. The molecule has 1 aliphatic heterocycles. The second-order valence-electron chi connectivity index (χ2n) is 6.48. The van der Waals surface area contributed by atoms with Crippen LogP contribution >= 0.6 is 0 Å². The fourth-order valence-corrected chi connectivity index (χ4v) is 3.98. The van der Waals surface area contributed by atoms with Crippen molar-refractivity contribution in [3.05, 3.63) is 24.0 Å². The Bertz CT molecular complexity index is 743. The summed E-state index contributed by atoms with van der Waals surface area (Å²) in [5.74, 6) is 0. The highest BCUT2D eigenvalue weighted by Gasteiger charge is 2.35. The predicted molar refractivity (Wildman–Crippen MR) is 87.6 cm³/mol. The molecule has 1 unspecified atom stereocenters. The summed E-state index contributed by atoms with van der Waals surface area (Å²) in [6, 6.07) is 4.67. The topological polar surface area (TPSA) is 79.2 Å². The lowest BCUT2D eigenvalue weighted by atomic mass is 9.92. The number of nitrogens with one attached hydrogen (secondary N) is 1. The molecule has 2 N–H and O–H groups in total. The van der Waals surface area contributed by atoms with Gasteiger partial charge in [0.2, 0.25) is 0 Å². The molecule has 0 spiro atoms. The molecular weight excluding hydrogens is 290 g/mol. The van der Waals surface area contributed by atoms with Crippen molar-refractivity contribution in [3.8, 4) is 6.07 Å². The summed E-state index contributed by atoms with van der Waals surface area (Å²) in [4.78, 5) is 11.8. The summed E-state index contributed by atoms with van der Waals surface area (Å²) in [7, 11) is 0. The lowest BCUT2D eigenvalue weighted by Crippen LogP contribution is -2.50. The Labute approximate surface area is 135 Å². The van der Waals surface area contributed by atoms with Gasteiger partial charge in [0.05, 0.1) is 25.0 Å². The van der Waals surface area contributed by atoms with Gasteiger partial charge in [-0.25, -0.2) is 9.88 Å². The van der Waals surface area contributed by atoms with Crippen LogP contribution in [0.4, 0.5) is 5.69 Å². The standard InChI is InChI=1S/C17H21N5O/c18-7-9-21-11-22(12-4-2-1-3-5-12)15-13-6-8-19-16(13)20-10-14(15)17(21)23/h6,8,10,12,17,23H,1-5,9,11H2,(H,19,20). The van der Waals surface area contributed by atoms with E-state index in [1.165, 1.54) is 32.1 Å². The number of aliphatic hydroxyl groups is 1. The molecule has 1 aliphatic carbocycles. The average molecular weight is 311 g/mol. The van der Waals surface area contributed by atoms with Crippen LogP contribution in [-0.4, -0.2) is 39.2 Å². The molecule has 6 nitrogen and oxygen atoms in total. The number of anilines is 1. The summed E-state index contributed by atoms with van der Waals surface area (Å²) < 4.78 is 0. The SMILES string of the molecule is N#CCN1CN(C2CCCCC2)c2c(cnc3[nH]ccc23)C1O. The minimum Gasteiger partial charge on any atom is -0.374 e. The van der Waals surface area contributed by atoms with Gasteiger partial charge >= 0.3 is 0 Å². The largest absolute Gasteiger partial charge is 0.374 e. The summed E-state index contributed by atoms with van der Waals surface area (Å²) in [5.41, 5.74) is 2.75. The van der Waals surface area contributed by atoms with E-state index in [4.69, 9.17) is 5.26 Å². The number of fused-ring (bicyclic) bond motifs is 3. The van der Waals surface area contributed by atoms with E-state index in [-0.39, 0.29) is 6.54 Å². The minimum atomic E-state index is -0.767. The van der Waals surface area contributed by atoms with Crippen LogP contribution in [0, 0.1) is 11.3 Å². The molecule has 2 aromatic heterocycles. The van der Waals surface area contributed by atoms with Gasteiger partial charge in [0, 0.05) is 29.4 Å². The second-order valence-corrected chi connectivity index (χ2v) is 6.48. The first-order valence-electron chi connectivity index (χ1n) is 8.31. The van der Waals surface area contributed by atoms with Gasteiger partial charge in [0.15, 0.2) is 0 Å². The molecule has 0 saturated heterocycles. The maximum absolute atomic E-state index is 10.7. The van der Waals surface area contributed by atoms with Crippen molar-refractivity contribution < 1.29 is 5.11 Å². The minimum absolute atomic E-state index is 0.217. The van der Waals surface area contributed by atoms with Crippen LogP contribution in [0.1, 0.15) is 43.9 Å². The number of hydrogen-bond acceptors (Lipinski definition) is 5. The summed E-state index contributed by atoms with van der Waals surface area (Å²) >= 11 is 0. The monoisotopic (exact) mass is 311 g/mol. The Morgan fingerprint density at radius 2 is 2.17 bits per heavy atom. The first kappa shape index (κ1) is 14.5. The quantitative estimate of drug-likeness (QED) is 0.833. The number of hydrogen-bond donors (Lipinski definition) is 2. The smallest absolute Gasteiger partial charge is 0.139 e. The van der Waals surface area contributed by atoms with Crippen LogP contribution in [0.15, 0.2) is 18.5 Å². The van der Waals surface area contributed by atoms with Crippen LogP contribution in [0.2, 0.25) is 0 Å². The zero-order valence-corrected chi connectivity index (χ0v) is 13.1. The van der Waals surface area contributed by atoms with Crippen LogP contribution in [0.5, 0.6) is 0 Å². The van der Waals surface area contributed by atoms with Gasteiger partial charge in [-0.2, -0.15) is 5.26 Å². The maximum atomic E-state index is 10.7. The van der Waals surface area contributed by atoms with E-state index in [2.05, 4.69) is 20.9 Å². The first-order chi connectivity index (χ1) is 11.3. The predicted octanol–water partition coefficient (Wildman–Crippen LogP) is 2.49. The highest BCUT2D eigenvalue weighted by Crippen LogP contribution is 2.41. The molecule has 120 valence electrons. The van der Waals surface area contributed by atoms with Gasteiger partial charge in [-0.05, 0) is 18.9 Å². The number of nitriles is 1. The lowest BCUT2D eigenvalue weighted by molar-refractivity contribution is 0.00170. The van der Waals surface area contributed by atoms with Crippen molar-refractivity contribution in [1.82, 2.24) is 14.9 Å².